The van der Waals surface area contributed by atoms with Gasteiger partial charge in [-0.1, -0.05) is 18.2 Å². The van der Waals surface area contributed by atoms with Gasteiger partial charge in [0, 0.05) is 35.3 Å². The van der Waals surface area contributed by atoms with E-state index in [9.17, 15) is 14.4 Å². The number of imide groups is 2. The molecule has 2 aliphatic heterocycles. The monoisotopic (exact) mass is 447 g/mol. The van der Waals surface area contributed by atoms with Gasteiger partial charge in [0.15, 0.2) is 11.5 Å². The van der Waals surface area contributed by atoms with E-state index in [2.05, 4.69) is 5.32 Å². The van der Waals surface area contributed by atoms with E-state index < -0.39 is 17.8 Å². The van der Waals surface area contributed by atoms with E-state index in [1.807, 2.05) is 47.2 Å². The van der Waals surface area contributed by atoms with Gasteiger partial charge < -0.3 is 18.8 Å². The number of hydrogen-bond acceptors (Lipinski definition) is 6. The van der Waals surface area contributed by atoms with Crippen molar-refractivity contribution in [1.29, 1.82) is 0 Å². The molecule has 9 nitrogen and oxygen atoms in total. The van der Waals surface area contributed by atoms with E-state index in [1.54, 1.807) is 13.0 Å². The van der Waals surface area contributed by atoms with Gasteiger partial charge in [-0.05, 0) is 31.2 Å². The maximum absolute atomic E-state index is 12.7. The highest BCUT2D eigenvalue weighted by molar-refractivity contribution is 6.31. The molecule has 0 unspecified atom stereocenters. The fourth-order valence-corrected chi connectivity index (χ4v) is 3.94. The molecule has 0 atom stereocenters. The second-order valence-corrected chi connectivity index (χ2v) is 7.53. The Kier molecular flexibility index (Phi) is 5.21. The van der Waals surface area contributed by atoms with Crippen LogP contribution < -0.4 is 19.5 Å². The highest BCUT2D eigenvalue weighted by atomic mass is 16.7. The average Bonchev–Trinajstić information content (AvgIpc) is 3.41. The Morgan fingerprint density at radius 2 is 1.91 bits per heavy atom. The number of benzene rings is 2. The van der Waals surface area contributed by atoms with Gasteiger partial charge in [0.2, 0.25) is 6.79 Å². The van der Waals surface area contributed by atoms with Crippen molar-refractivity contribution >= 4 is 34.8 Å². The third-order valence-corrected chi connectivity index (χ3v) is 5.57. The molecule has 3 heterocycles. The van der Waals surface area contributed by atoms with Crippen LogP contribution in [0.2, 0.25) is 0 Å². The molecule has 1 saturated heterocycles. The first kappa shape index (κ1) is 20.6. The van der Waals surface area contributed by atoms with Crippen LogP contribution in [-0.4, -0.2) is 47.3 Å². The molecule has 1 N–H and O–H groups in total. The molecule has 1 fully saturated rings. The van der Waals surface area contributed by atoms with Crippen molar-refractivity contribution < 1.29 is 28.6 Å². The summed E-state index contributed by atoms with van der Waals surface area (Å²) in [6.07, 6.45) is 3.40. The first-order valence-electron chi connectivity index (χ1n) is 10.5. The number of carbonyl (C=O) groups excluding carboxylic acids is 3. The van der Waals surface area contributed by atoms with Crippen molar-refractivity contribution in [2.24, 2.45) is 0 Å². The minimum Gasteiger partial charge on any atom is -0.492 e. The van der Waals surface area contributed by atoms with Gasteiger partial charge in [-0.3, -0.25) is 19.8 Å². The van der Waals surface area contributed by atoms with Crippen LogP contribution in [0.25, 0.3) is 17.0 Å². The molecular formula is C24H21N3O6. The summed E-state index contributed by atoms with van der Waals surface area (Å²) in [5.74, 6) is 0.725. The molecule has 2 aliphatic rings. The number of nitrogens with one attached hydrogen (secondary N) is 1. The topological polar surface area (TPSA) is 99.1 Å². The van der Waals surface area contributed by atoms with E-state index >= 15 is 0 Å². The van der Waals surface area contributed by atoms with Crippen molar-refractivity contribution in [2.75, 3.05) is 19.9 Å². The summed E-state index contributed by atoms with van der Waals surface area (Å²) in [4.78, 5) is 37.9. The summed E-state index contributed by atoms with van der Waals surface area (Å²) in [5.41, 5.74) is 1.57. The molecule has 0 bridgehead atoms. The molecule has 3 aromatic rings. The van der Waals surface area contributed by atoms with Gasteiger partial charge in [0.05, 0.1) is 6.54 Å². The predicted octanol–water partition coefficient (Wildman–Crippen LogP) is 2.93. The van der Waals surface area contributed by atoms with Crippen LogP contribution in [0, 0.1) is 0 Å². The molecule has 5 rings (SSSR count). The zero-order valence-electron chi connectivity index (χ0n) is 17.9. The first-order chi connectivity index (χ1) is 16.0. The lowest BCUT2D eigenvalue weighted by Crippen LogP contribution is -2.53. The number of aromatic nitrogens is 1. The van der Waals surface area contributed by atoms with Crippen LogP contribution in [0.4, 0.5) is 4.79 Å². The summed E-state index contributed by atoms with van der Waals surface area (Å²) in [7, 11) is 0. The molecule has 0 radical (unpaired) electrons. The quantitative estimate of drug-likeness (QED) is 0.461. The van der Waals surface area contributed by atoms with Gasteiger partial charge in [0.1, 0.15) is 17.9 Å². The molecule has 33 heavy (non-hydrogen) atoms. The number of carbonyl (C=O) groups is 3. The zero-order chi connectivity index (χ0) is 22.9. The molecule has 0 spiro atoms. The summed E-state index contributed by atoms with van der Waals surface area (Å²) in [6.45, 7) is 2.99. The van der Waals surface area contributed by atoms with Gasteiger partial charge in [-0.2, -0.15) is 0 Å². The standard InChI is InChI=1S/C24H21N3O6/c1-2-27-23(29)18(22(28)25-24(27)30)11-15-13-26(19-6-4-3-5-17(15)19)9-10-31-16-7-8-20-21(12-16)33-14-32-20/h3-8,11-13H,2,9-10,14H2,1H3,(H,25,28,30)/b18-11+. The van der Waals surface area contributed by atoms with E-state index in [-0.39, 0.29) is 18.9 Å². The number of likely N-dealkylation sites (N-methyl/N-ethyl adjacent to an activating group) is 1. The lowest BCUT2D eigenvalue weighted by atomic mass is 10.1. The fourth-order valence-electron chi connectivity index (χ4n) is 3.94. The second kappa shape index (κ2) is 8.34. The maximum atomic E-state index is 12.7. The largest absolute Gasteiger partial charge is 0.492 e. The van der Waals surface area contributed by atoms with Crippen molar-refractivity contribution in [2.45, 2.75) is 13.5 Å². The zero-order valence-corrected chi connectivity index (χ0v) is 17.9. The minimum atomic E-state index is -0.701. The van der Waals surface area contributed by atoms with Gasteiger partial charge >= 0.3 is 6.03 Å². The Labute approximate surface area is 189 Å². The van der Waals surface area contributed by atoms with E-state index in [4.69, 9.17) is 14.2 Å². The highest BCUT2D eigenvalue weighted by Gasteiger charge is 2.34. The normalized spacial score (nSPS) is 16.6. The lowest BCUT2D eigenvalue weighted by molar-refractivity contribution is -0.129. The van der Waals surface area contributed by atoms with Crippen LogP contribution in [0.15, 0.2) is 54.2 Å². The number of hydrogen-bond donors (Lipinski definition) is 1. The van der Waals surface area contributed by atoms with Crippen LogP contribution in [0.3, 0.4) is 0 Å². The number of urea groups is 1. The molecule has 168 valence electrons. The Morgan fingerprint density at radius 1 is 1.09 bits per heavy atom. The molecule has 1 aromatic heterocycles. The van der Waals surface area contributed by atoms with Crippen LogP contribution >= 0.6 is 0 Å². The number of amides is 4. The summed E-state index contributed by atoms with van der Waals surface area (Å²) in [5, 5.41) is 3.10. The van der Waals surface area contributed by atoms with Gasteiger partial charge in [-0.25, -0.2) is 4.79 Å². The van der Waals surface area contributed by atoms with Crippen LogP contribution in [-0.2, 0) is 16.1 Å². The molecule has 2 aromatic carbocycles. The summed E-state index contributed by atoms with van der Waals surface area (Å²) in [6, 6.07) is 12.4. The second-order valence-electron chi connectivity index (χ2n) is 7.53. The van der Waals surface area contributed by atoms with Gasteiger partial charge in [0.25, 0.3) is 11.8 Å². The third-order valence-electron chi connectivity index (χ3n) is 5.57. The molecule has 0 saturated carbocycles. The highest BCUT2D eigenvalue weighted by Crippen LogP contribution is 2.35. The maximum Gasteiger partial charge on any atom is 0.331 e. The Hall–Kier alpha value is -4.27. The number of para-hydroxylation sites is 1. The van der Waals surface area contributed by atoms with Crippen molar-refractivity contribution in [3.05, 3.63) is 59.8 Å². The van der Waals surface area contributed by atoms with Crippen molar-refractivity contribution in [3.8, 4) is 17.2 Å². The number of fused-ring (bicyclic) bond motifs is 2. The lowest BCUT2D eigenvalue weighted by Gasteiger charge is -2.24. The van der Waals surface area contributed by atoms with E-state index in [0.29, 0.717) is 36.0 Å². The SMILES string of the molecule is CCN1C(=O)NC(=O)/C(=C\c2cn(CCOc3ccc4c(c3)OCO4)c3ccccc23)C1=O. The van der Waals surface area contributed by atoms with Gasteiger partial charge in [-0.15, -0.1) is 0 Å². The average molecular weight is 447 g/mol. The van der Waals surface area contributed by atoms with Crippen molar-refractivity contribution in [3.63, 3.8) is 0 Å². The molecule has 4 amide bonds. The first-order valence-corrected chi connectivity index (χ1v) is 10.5. The molecular weight excluding hydrogens is 426 g/mol. The summed E-state index contributed by atoms with van der Waals surface area (Å²) < 4.78 is 18.6. The fraction of sp³-hybridized carbons (Fsp3) is 0.208. The summed E-state index contributed by atoms with van der Waals surface area (Å²) >= 11 is 0. The number of rotatable bonds is 6. The third kappa shape index (κ3) is 3.78. The van der Waals surface area contributed by atoms with Crippen LogP contribution in [0.5, 0.6) is 17.2 Å². The predicted molar refractivity (Wildman–Crippen MR) is 119 cm³/mol. The number of barbiturate groups is 1. The number of ether oxygens (including phenoxy) is 3. The minimum absolute atomic E-state index is 0.0732. The van der Waals surface area contributed by atoms with Crippen molar-refractivity contribution in [1.82, 2.24) is 14.8 Å². The smallest absolute Gasteiger partial charge is 0.331 e. The van der Waals surface area contributed by atoms with E-state index in [0.717, 1.165) is 15.8 Å². The Bertz CT molecular complexity index is 1310. The van der Waals surface area contributed by atoms with Crippen LogP contribution in [0.1, 0.15) is 12.5 Å². The number of nitrogens with zero attached hydrogens (tertiary/aromatic N) is 2. The Morgan fingerprint density at radius 3 is 2.76 bits per heavy atom. The van der Waals surface area contributed by atoms with E-state index in [1.165, 1.54) is 6.08 Å². The Balaban J connectivity index is 1.39. The molecule has 9 heteroatoms. The molecule has 0 aliphatic carbocycles.